The fraction of sp³-hybridized carbons (Fsp3) is 0.208. The Bertz CT molecular complexity index is 984. The maximum atomic E-state index is 12.5. The number of carbonyl (C=O) groups is 1. The van der Waals surface area contributed by atoms with Crippen LogP contribution < -0.4 is 4.90 Å². The molecule has 1 aliphatic heterocycles. The minimum absolute atomic E-state index is 0.00948. The Kier molecular flexibility index (Phi) is 6.24. The molecule has 1 heterocycles. The van der Waals surface area contributed by atoms with Crippen molar-refractivity contribution >= 4 is 17.5 Å². The smallest absolute Gasteiger partial charge is 0.414 e. The number of hydrogen-bond acceptors (Lipinski definition) is 5. The molecule has 158 valence electrons. The maximum absolute atomic E-state index is 12.5. The van der Waals surface area contributed by atoms with E-state index in [4.69, 9.17) is 4.74 Å². The van der Waals surface area contributed by atoms with Crippen molar-refractivity contribution in [1.29, 1.82) is 0 Å². The van der Waals surface area contributed by atoms with Gasteiger partial charge < -0.3 is 4.74 Å². The molecule has 0 aliphatic carbocycles. The molecule has 3 aromatic rings. The minimum Gasteiger partial charge on any atom is -0.443 e. The van der Waals surface area contributed by atoms with Crippen molar-refractivity contribution in [2.24, 2.45) is 0 Å². The van der Waals surface area contributed by atoms with Crippen molar-refractivity contribution in [3.8, 4) is 0 Å². The number of cyclic esters (lactones) is 1. The highest BCUT2D eigenvalue weighted by Gasteiger charge is 2.33. The Morgan fingerprint density at radius 1 is 0.903 bits per heavy atom. The summed E-state index contributed by atoms with van der Waals surface area (Å²) in [5.74, 6) is 0. The number of anilines is 1. The van der Waals surface area contributed by atoms with Gasteiger partial charge in [-0.15, -0.1) is 0 Å². The molecule has 0 spiro atoms. The third-order valence-electron chi connectivity index (χ3n) is 5.21. The van der Waals surface area contributed by atoms with E-state index in [9.17, 15) is 14.9 Å². The second-order valence-electron chi connectivity index (χ2n) is 7.53. The molecule has 4 rings (SSSR count). The van der Waals surface area contributed by atoms with Crippen molar-refractivity contribution in [2.75, 3.05) is 18.0 Å². The van der Waals surface area contributed by atoms with Gasteiger partial charge in [0.15, 0.2) is 0 Å². The van der Waals surface area contributed by atoms with Crippen molar-refractivity contribution in [2.45, 2.75) is 19.2 Å². The lowest BCUT2D eigenvalue weighted by atomic mass is 10.1. The van der Waals surface area contributed by atoms with E-state index in [-0.39, 0.29) is 11.8 Å². The Morgan fingerprint density at radius 2 is 1.45 bits per heavy atom. The SMILES string of the molecule is O=C1O[C@H](CN(Cc2ccccc2)Cc2ccccc2)CN1c1ccc([N+](=O)[O-])cc1. The zero-order valence-corrected chi connectivity index (χ0v) is 17.0. The number of ether oxygens (including phenoxy) is 1. The second-order valence-corrected chi connectivity index (χ2v) is 7.53. The first-order valence-electron chi connectivity index (χ1n) is 10.1. The monoisotopic (exact) mass is 417 g/mol. The highest BCUT2D eigenvalue weighted by atomic mass is 16.6. The summed E-state index contributed by atoms with van der Waals surface area (Å²) in [6, 6.07) is 26.3. The number of nitro groups is 1. The highest BCUT2D eigenvalue weighted by molar-refractivity contribution is 5.89. The summed E-state index contributed by atoms with van der Waals surface area (Å²) < 4.78 is 5.62. The summed E-state index contributed by atoms with van der Waals surface area (Å²) in [4.78, 5) is 26.7. The summed E-state index contributed by atoms with van der Waals surface area (Å²) in [5, 5.41) is 10.9. The average molecular weight is 417 g/mol. The van der Waals surface area contributed by atoms with E-state index in [1.165, 1.54) is 28.2 Å². The fourth-order valence-electron chi connectivity index (χ4n) is 3.74. The lowest BCUT2D eigenvalue weighted by Gasteiger charge is -2.25. The zero-order valence-electron chi connectivity index (χ0n) is 17.0. The molecule has 1 amide bonds. The predicted octanol–water partition coefficient (Wildman–Crippen LogP) is 4.62. The summed E-state index contributed by atoms with van der Waals surface area (Å²) in [5.41, 5.74) is 2.96. The summed E-state index contributed by atoms with van der Waals surface area (Å²) in [6.45, 7) is 2.46. The molecule has 7 nitrogen and oxygen atoms in total. The van der Waals surface area contributed by atoms with Crippen molar-refractivity contribution < 1.29 is 14.5 Å². The van der Waals surface area contributed by atoms with Crippen LogP contribution in [0.2, 0.25) is 0 Å². The van der Waals surface area contributed by atoms with Crippen molar-refractivity contribution in [1.82, 2.24) is 4.90 Å². The van der Waals surface area contributed by atoms with E-state index in [0.717, 1.165) is 13.1 Å². The zero-order chi connectivity index (χ0) is 21.6. The van der Waals surface area contributed by atoms with Gasteiger partial charge in [0.05, 0.1) is 11.5 Å². The molecule has 0 unspecified atom stereocenters. The molecule has 0 N–H and O–H groups in total. The van der Waals surface area contributed by atoms with Crippen LogP contribution in [0, 0.1) is 10.1 Å². The first-order chi connectivity index (χ1) is 15.1. The second kappa shape index (κ2) is 9.40. The Balaban J connectivity index is 1.46. The van der Waals surface area contributed by atoms with Gasteiger partial charge in [0.1, 0.15) is 6.10 Å². The highest BCUT2D eigenvalue weighted by Crippen LogP contribution is 2.25. The summed E-state index contributed by atoms with van der Waals surface area (Å²) in [6.07, 6.45) is -0.728. The topological polar surface area (TPSA) is 75.9 Å². The third-order valence-corrected chi connectivity index (χ3v) is 5.21. The number of rotatable bonds is 8. The Labute approximate surface area is 180 Å². The molecule has 0 bridgehead atoms. The number of amides is 1. The van der Waals surface area contributed by atoms with Crippen LogP contribution in [0.25, 0.3) is 0 Å². The van der Waals surface area contributed by atoms with E-state index >= 15 is 0 Å². The summed E-state index contributed by atoms with van der Waals surface area (Å²) in [7, 11) is 0. The van der Waals surface area contributed by atoms with Gasteiger partial charge in [0.25, 0.3) is 5.69 Å². The van der Waals surface area contributed by atoms with Crippen molar-refractivity contribution in [3.63, 3.8) is 0 Å². The molecular weight excluding hydrogens is 394 g/mol. The van der Waals surface area contributed by atoms with Crippen LogP contribution in [0.3, 0.4) is 0 Å². The molecule has 0 saturated carbocycles. The molecule has 7 heteroatoms. The van der Waals surface area contributed by atoms with Gasteiger partial charge in [0.2, 0.25) is 0 Å². The quantitative estimate of drug-likeness (QED) is 0.395. The van der Waals surface area contributed by atoms with Crippen LogP contribution in [0.5, 0.6) is 0 Å². The van der Waals surface area contributed by atoms with Crippen LogP contribution in [-0.2, 0) is 17.8 Å². The molecule has 1 aliphatic rings. The van der Waals surface area contributed by atoms with E-state index in [0.29, 0.717) is 18.8 Å². The first-order valence-corrected chi connectivity index (χ1v) is 10.1. The van der Waals surface area contributed by atoms with Crippen LogP contribution in [0.15, 0.2) is 84.9 Å². The van der Waals surface area contributed by atoms with Gasteiger partial charge in [-0.05, 0) is 23.3 Å². The lowest BCUT2D eigenvalue weighted by Crippen LogP contribution is -2.34. The van der Waals surface area contributed by atoms with Gasteiger partial charge in [-0.1, -0.05) is 60.7 Å². The molecule has 0 radical (unpaired) electrons. The first kappa shape index (κ1) is 20.6. The Hall–Kier alpha value is -3.71. The maximum Gasteiger partial charge on any atom is 0.414 e. The molecular formula is C24H23N3O4. The van der Waals surface area contributed by atoms with E-state index in [1.807, 2.05) is 36.4 Å². The molecule has 1 atom stereocenters. The summed E-state index contributed by atoms with van der Waals surface area (Å²) >= 11 is 0. The van der Waals surface area contributed by atoms with Gasteiger partial charge in [0, 0.05) is 37.5 Å². The van der Waals surface area contributed by atoms with Crippen LogP contribution in [0.1, 0.15) is 11.1 Å². The fourth-order valence-corrected chi connectivity index (χ4v) is 3.74. The normalized spacial score (nSPS) is 15.8. The van der Waals surface area contributed by atoms with Gasteiger partial charge in [-0.3, -0.25) is 19.9 Å². The molecule has 1 saturated heterocycles. The molecule has 1 fully saturated rings. The average Bonchev–Trinajstić information content (AvgIpc) is 3.15. The Morgan fingerprint density at radius 3 is 1.97 bits per heavy atom. The molecule has 31 heavy (non-hydrogen) atoms. The van der Waals surface area contributed by atoms with Gasteiger partial charge in [-0.25, -0.2) is 4.79 Å². The number of non-ortho nitro benzene ring substituents is 1. The van der Waals surface area contributed by atoms with Gasteiger partial charge >= 0.3 is 6.09 Å². The predicted molar refractivity (Wildman–Crippen MR) is 118 cm³/mol. The minimum atomic E-state index is -0.458. The van der Waals surface area contributed by atoms with E-state index < -0.39 is 11.0 Å². The number of nitrogens with zero attached hydrogens (tertiary/aromatic N) is 3. The largest absolute Gasteiger partial charge is 0.443 e. The van der Waals surface area contributed by atoms with Gasteiger partial charge in [-0.2, -0.15) is 0 Å². The number of carbonyl (C=O) groups excluding carboxylic acids is 1. The van der Waals surface area contributed by atoms with E-state index in [2.05, 4.69) is 29.2 Å². The van der Waals surface area contributed by atoms with Crippen LogP contribution in [0.4, 0.5) is 16.2 Å². The number of hydrogen-bond donors (Lipinski definition) is 0. The number of benzene rings is 3. The van der Waals surface area contributed by atoms with Crippen LogP contribution in [-0.4, -0.2) is 35.1 Å². The van der Waals surface area contributed by atoms with Crippen molar-refractivity contribution in [3.05, 3.63) is 106 Å². The van der Waals surface area contributed by atoms with Crippen LogP contribution >= 0.6 is 0 Å². The standard InChI is InChI=1S/C24H23N3O4/c28-24-26(21-11-13-22(14-12-21)27(29)30)18-23(31-24)17-25(15-19-7-3-1-4-8-19)16-20-9-5-2-6-10-20/h1-14,23H,15-18H2/t23-/m1/s1. The van der Waals surface area contributed by atoms with E-state index in [1.54, 1.807) is 12.1 Å². The lowest BCUT2D eigenvalue weighted by molar-refractivity contribution is -0.384. The number of nitro benzene ring substituents is 1. The molecule has 0 aromatic heterocycles. The third kappa shape index (κ3) is 5.26. The molecule has 3 aromatic carbocycles.